The Hall–Kier alpha value is -0.160. The highest BCUT2D eigenvalue weighted by molar-refractivity contribution is 4.83. The first-order valence-corrected chi connectivity index (χ1v) is 6.09. The van der Waals surface area contributed by atoms with E-state index in [2.05, 4.69) is 0 Å². The summed E-state index contributed by atoms with van der Waals surface area (Å²) in [7, 11) is 0. The summed E-state index contributed by atoms with van der Waals surface area (Å²) >= 11 is 0. The van der Waals surface area contributed by atoms with E-state index in [0.717, 1.165) is 0 Å². The third-order valence-electron chi connectivity index (χ3n) is 3.05. The van der Waals surface area contributed by atoms with Crippen molar-refractivity contribution >= 4 is 0 Å². The lowest BCUT2D eigenvalue weighted by molar-refractivity contribution is -0.0114. The molecule has 98 valence electrons. The van der Waals surface area contributed by atoms with E-state index in [1.165, 1.54) is 0 Å². The second kappa shape index (κ2) is 7.22. The number of rotatable bonds is 8. The van der Waals surface area contributed by atoms with Crippen molar-refractivity contribution in [1.82, 2.24) is 4.90 Å². The van der Waals surface area contributed by atoms with Gasteiger partial charge in [0, 0.05) is 18.6 Å². The maximum Gasteiger partial charge on any atom is 0.0664 e. The fourth-order valence-electron chi connectivity index (χ4n) is 1.44. The van der Waals surface area contributed by atoms with Gasteiger partial charge in [0.25, 0.3) is 0 Å². The molecule has 0 heterocycles. The molecule has 0 rings (SSSR count). The van der Waals surface area contributed by atoms with E-state index in [9.17, 15) is 15.3 Å². The van der Waals surface area contributed by atoms with Crippen LogP contribution in [0, 0.1) is 0 Å². The summed E-state index contributed by atoms with van der Waals surface area (Å²) in [5, 5.41) is 28.7. The number of aliphatic hydroxyl groups is 3. The van der Waals surface area contributed by atoms with Crippen LogP contribution in [0.4, 0.5) is 0 Å². The van der Waals surface area contributed by atoms with E-state index < -0.39 is 17.7 Å². The molecule has 4 heteroatoms. The second-order valence-electron chi connectivity index (χ2n) is 5.00. The van der Waals surface area contributed by atoms with Crippen LogP contribution in [-0.2, 0) is 0 Å². The predicted octanol–water partition coefficient (Wildman–Crippen LogP) is 0.601. The Morgan fingerprint density at radius 3 is 1.62 bits per heavy atom. The van der Waals surface area contributed by atoms with E-state index in [0.29, 0.717) is 25.9 Å². The average molecular weight is 233 g/mol. The van der Waals surface area contributed by atoms with E-state index in [1.54, 1.807) is 0 Å². The van der Waals surface area contributed by atoms with Gasteiger partial charge in [-0.15, -0.1) is 0 Å². The number of nitrogens with zero attached hydrogens (tertiary/aromatic N) is 1. The Balaban J connectivity index is 4.50. The highest BCUT2D eigenvalue weighted by Gasteiger charge is 2.28. The van der Waals surface area contributed by atoms with E-state index in [1.807, 2.05) is 32.6 Å². The minimum absolute atomic E-state index is 0.0138. The molecule has 2 atom stereocenters. The molecule has 16 heavy (non-hydrogen) atoms. The Kier molecular flexibility index (Phi) is 7.15. The molecule has 0 aliphatic rings. The molecule has 0 aromatic carbocycles. The minimum Gasteiger partial charge on any atom is -0.394 e. The van der Waals surface area contributed by atoms with Crippen LogP contribution < -0.4 is 0 Å². The van der Waals surface area contributed by atoms with Gasteiger partial charge in [-0.3, -0.25) is 4.90 Å². The van der Waals surface area contributed by atoms with Crippen LogP contribution in [0.25, 0.3) is 0 Å². The normalized spacial score (nSPS) is 16.5. The van der Waals surface area contributed by atoms with Crippen LogP contribution in [0.15, 0.2) is 0 Å². The Bertz CT molecular complexity index is 173. The molecule has 0 radical (unpaired) electrons. The molecule has 0 fully saturated rings. The zero-order valence-corrected chi connectivity index (χ0v) is 11.0. The molecular weight excluding hydrogens is 206 g/mol. The lowest BCUT2D eigenvalue weighted by atomic mass is 10.0. The van der Waals surface area contributed by atoms with Gasteiger partial charge in [0.2, 0.25) is 0 Å². The van der Waals surface area contributed by atoms with Crippen LogP contribution in [0.3, 0.4) is 0 Å². The van der Waals surface area contributed by atoms with Crippen molar-refractivity contribution < 1.29 is 15.3 Å². The fraction of sp³-hybridized carbons (Fsp3) is 1.00. The molecule has 0 aliphatic carbocycles. The minimum atomic E-state index is -0.410. The van der Waals surface area contributed by atoms with Gasteiger partial charge < -0.3 is 15.3 Å². The molecule has 0 bridgehead atoms. The van der Waals surface area contributed by atoms with Gasteiger partial charge in [-0.1, -0.05) is 13.8 Å². The fourth-order valence-corrected chi connectivity index (χ4v) is 1.44. The molecule has 0 aromatic rings. The molecule has 2 unspecified atom stereocenters. The van der Waals surface area contributed by atoms with Crippen LogP contribution in [-0.4, -0.2) is 57.7 Å². The largest absolute Gasteiger partial charge is 0.394 e. The van der Waals surface area contributed by atoms with Crippen molar-refractivity contribution in [1.29, 1.82) is 0 Å². The maximum atomic E-state index is 9.67. The summed E-state index contributed by atoms with van der Waals surface area (Å²) in [6.07, 6.45) is 0.547. The topological polar surface area (TPSA) is 63.9 Å². The van der Waals surface area contributed by atoms with Crippen molar-refractivity contribution in [3.05, 3.63) is 0 Å². The van der Waals surface area contributed by atoms with Gasteiger partial charge in [-0.25, -0.2) is 0 Å². The molecule has 0 aromatic heterocycles. The quantitative estimate of drug-likeness (QED) is 0.574. The molecule has 3 N–H and O–H groups in total. The van der Waals surface area contributed by atoms with Crippen LogP contribution in [0.2, 0.25) is 0 Å². The maximum absolute atomic E-state index is 9.67. The zero-order chi connectivity index (χ0) is 12.8. The predicted molar refractivity (Wildman–Crippen MR) is 65.3 cm³/mol. The molecule has 4 nitrogen and oxygen atoms in total. The van der Waals surface area contributed by atoms with Crippen molar-refractivity contribution in [2.45, 2.75) is 58.3 Å². The number of hydrogen-bond donors (Lipinski definition) is 3. The Labute approximate surface area is 98.9 Å². The SMILES string of the molecule is CCC(O)CN(CC(O)CC)C(C)(C)CO. The summed E-state index contributed by atoms with van der Waals surface area (Å²) in [6.45, 7) is 8.66. The number of hydrogen-bond acceptors (Lipinski definition) is 4. The van der Waals surface area contributed by atoms with E-state index in [4.69, 9.17) is 0 Å². The van der Waals surface area contributed by atoms with Gasteiger partial charge in [-0.2, -0.15) is 0 Å². The van der Waals surface area contributed by atoms with Gasteiger partial charge >= 0.3 is 0 Å². The van der Waals surface area contributed by atoms with E-state index >= 15 is 0 Å². The van der Waals surface area contributed by atoms with Crippen molar-refractivity contribution in [2.24, 2.45) is 0 Å². The smallest absolute Gasteiger partial charge is 0.0664 e. The van der Waals surface area contributed by atoms with E-state index in [-0.39, 0.29) is 6.61 Å². The molecule has 0 saturated carbocycles. The summed E-state index contributed by atoms with van der Waals surface area (Å²) in [5.41, 5.74) is -0.410. The van der Waals surface area contributed by atoms with Crippen molar-refractivity contribution in [3.63, 3.8) is 0 Å². The van der Waals surface area contributed by atoms with Gasteiger partial charge in [0.05, 0.1) is 18.8 Å². The van der Waals surface area contributed by atoms with Gasteiger partial charge in [0.1, 0.15) is 0 Å². The third-order valence-corrected chi connectivity index (χ3v) is 3.05. The molecule has 0 saturated heterocycles. The summed E-state index contributed by atoms with van der Waals surface area (Å²) in [4.78, 5) is 1.95. The van der Waals surface area contributed by atoms with Gasteiger partial charge in [-0.05, 0) is 26.7 Å². The average Bonchev–Trinajstić information content (AvgIpc) is 2.27. The Morgan fingerprint density at radius 1 is 1.00 bits per heavy atom. The first-order chi connectivity index (χ1) is 7.37. The first-order valence-electron chi connectivity index (χ1n) is 6.09. The second-order valence-corrected chi connectivity index (χ2v) is 5.00. The third kappa shape index (κ3) is 5.25. The lowest BCUT2D eigenvalue weighted by Crippen LogP contribution is -2.52. The highest BCUT2D eigenvalue weighted by atomic mass is 16.3. The summed E-state index contributed by atoms with van der Waals surface area (Å²) in [6, 6.07) is 0. The Morgan fingerprint density at radius 2 is 1.38 bits per heavy atom. The van der Waals surface area contributed by atoms with Crippen molar-refractivity contribution in [3.8, 4) is 0 Å². The first kappa shape index (κ1) is 15.8. The summed E-state index contributed by atoms with van der Waals surface area (Å²) in [5.74, 6) is 0. The number of aliphatic hydroxyl groups excluding tert-OH is 3. The van der Waals surface area contributed by atoms with Crippen LogP contribution >= 0.6 is 0 Å². The highest BCUT2D eigenvalue weighted by Crippen LogP contribution is 2.16. The summed E-state index contributed by atoms with van der Waals surface area (Å²) < 4.78 is 0. The van der Waals surface area contributed by atoms with Gasteiger partial charge in [0.15, 0.2) is 0 Å². The van der Waals surface area contributed by atoms with Crippen LogP contribution in [0.5, 0.6) is 0 Å². The molecule has 0 aliphatic heterocycles. The van der Waals surface area contributed by atoms with Crippen molar-refractivity contribution in [2.75, 3.05) is 19.7 Å². The van der Waals surface area contributed by atoms with Crippen LogP contribution in [0.1, 0.15) is 40.5 Å². The lowest BCUT2D eigenvalue weighted by Gasteiger charge is -2.39. The zero-order valence-electron chi connectivity index (χ0n) is 11.0. The monoisotopic (exact) mass is 233 g/mol. The molecule has 0 spiro atoms. The standard InChI is InChI=1S/C12H27NO3/c1-5-10(15)7-13(8-11(16)6-2)12(3,4)9-14/h10-11,14-16H,5-9H2,1-4H3. The molecule has 0 amide bonds. The number of β-amino-alcohol motifs (C(OH)–C–C–N with tert-alkyl or cyclic N) is 2. The molecular formula is C12H27NO3.